The Morgan fingerprint density at radius 1 is 1.27 bits per heavy atom. The van der Waals surface area contributed by atoms with E-state index in [0.29, 0.717) is 23.3 Å². The highest BCUT2D eigenvalue weighted by atomic mass is 35.5. The number of hydrogen-bond acceptors (Lipinski definition) is 9. The van der Waals surface area contributed by atoms with Crippen LogP contribution in [0.1, 0.15) is 31.0 Å². The Morgan fingerprint density at radius 2 is 2.00 bits per heavy atom. The van der Waals surface area contributed by atoms with Crippen molar-refractivity contribution in [2.24, 2.45) is 11.7 Å². The maximum absolute atomic E-state index is 10.6. The number of nitrogens with two attached hydrogens (primary N) is 1. The number of aliphatic carboxylic acids is 1. The van der Waals surface area contributed by atoms with Gasteiger partial charge in [0.1, 0.15) is 11.3 Å². The third-order valence-corrected chi connectivity index (χ3v) is 7.23. The van der Waals surface area contributed by atoms with Crippen LogP contribution in [0.15, 0.2) is 40.3 Å². The predicted molar refractivity (Wildman–Crippen MR) is 133 cm³/mol. The fourth-order valence-electron chi connectivity index (χ4n) is 4.05. The summed E-state index contributed by atoms with van der Waals surface area (Å²) in [4.78, 5) is 34.9. The molecule has 0 bridgehead atoms. The molecule has 1 atom stereocenters. The maximum Gasteiger partial charge on any atom is 0.490 e. The number of rotatable bonds is 5. The molecule has 5 rings (SSSR count). The Morgan fingerprint density at radius 3 is 2.65 bits per heavy atom. The van der Waals surface area contributed by atoms with Crippen molar-refractivity contribution < 1.29 is 23.1 Å². The van der Waals surface area contributed by atoms with Crippen LogP contribution in [0, 0.1) is 5.92 Å². The number of halogens is 4. The normalized spacial score (nSPS) is 17.1. The Balaban J connectivity index is 0.000000405. The Hall–Kier alpha value is -3.03. The number of alkyl halides is 3. The zero-order chi connectivity index (χ0) is 26.7. The Kier molecular flexibility index (Phi) is 8.14. The van der Waals surface area contributed by atoms with E-state index in [2.05, 4.69) is 26.8 Å². The molecule has 1 aliphatic heterocycles. The molecule has 0 amide bonds. The van der Waals surface area contributed by atoms with Crippen molar-refractivity contribution in [3.05, 3.63) is 41.5 Å². The minimum atomic E-state index is -5.08. The minimum Gasteiger partial charge on any atom is -0.475 e. The maximum atomic E-state index is 10.6. The predicted octanol–water partition coefficient (Wildman–Crippen LogP) is 4.30. The topological polar surface area (TPSA) is 131 Å². The summed E-state index contributed by atoms with van der Waals surface area (Å²) in [5.74, 6) is -1.34. The van der Waals surface area contributed by atoms with Gasteiger partial charge in [0.2, 0.25) is 0 Å². The van der Waals surface area contributed by atoms with Crippen molar-refractivity contribution in [1.82, 2.24) is 24.9 Å². The lowest BCUT2D eigenvalue weighted by atomic mass is 10.1. The van der Waals surface area contributed by atoms with Crippen LogP contribution in [-0.4, -0.2) is 61.8 Å². The van der Waals surface area contributed by atoms with Gasteiger partial charge in [-0.25, -0.2) is 24.7 Å². The Bertz CT molecular complexity index is 1360. The van der Waals surface area contributed by atoms with E-state index in [9.17, 15) is 13.2 Å². The smallest absolute Gasteiger partial charge is 0.475 e. The van der Waals surface area contributed by atoms with Crippen LogP contribution in [0.25, 0.3) is 16.2 Å². The molecule has 0 spiro atoms. The first-order chi connectivity index (χ1) is 17.6. The van der Waals surface area contributed by atoms with Crippen LogP contribution < -0.4 is 10.6 Å². The molecule has 1 aliphatic carbocycles. The van der Waals surface area contributed by atoms with Gasteiger partial charge in [-0.15, -0.1) is 0 Å². The molecule has 0 radical (unpaired) electrons. The molecule has 37 heavy (non-hydrogen) atoms. The van der Waals surface area contributed by atoms with Crippen molar-refractivity contribution in [2.75, 3.05) is 24.5 Å². The number of hydrogen-bond donors (Lipinski definition) is 2. The van der Waals surface area contributed by atoms with E-state index in [1.807, 2.05) is 6.07 Å². The number of allylic oxidation sites excluding steroid dienone is 1. The van der Waals surface area contributed by atoms with E-state index in [0.717, 1.165) is 64.9 Å². The van der Waals surface area contributed by atoms with Crippen LogP contribution in [0.3, 0.4) is 0 Å². The summed E-state index contributed by atoms with van der Waals surface area (Å²) in [6, 6.07) is 1.97. The molecule has 3 aromatic heterocycles. The van der Waals surface area contributed by atoms with Crippen LogP contribution in [0.4, 0.5) is 19.0 Å². The largest absolute Gasteiger partial charge is 0.490 e. The highest BCUT2D eigenvalue weighted by Gasteiger charge is 2.38. The summed E-state index contributed by atoms with van der Waals surface area (Å²) in [5.41, 5.74) is 10.5. The number of carbonyl (C=O) groups is 1. The van der Waals surface area contributed by atoms with Crippen molar-refractivity contribution in [3.63, 3.8) is 0 Å². The fraction of sp³-hybridized carbons (Fsp3) is 0.391. The van der Waals surface area contributed by atoms with E-state index >= 15 is 0 Å². The van der Waals surface area contributed by atoms with Crippen molar-refractivity contribution >= 4 is 51.3 Å². The second-order valence-electron chi connectivity index (χ2n) is 8.41. The molecule has 196 valence electrons. The van der Waals surface area contributed by atoms with Gasteiger partial charge in [0, 0.05) is 43.0 Å². The van der Waals surface area contributed by atoms with Gasteiger partial charge in [-0.3, -0.25) is 4.98 Å². The molecule has 9 nitrogen and oxygen atoms in total. The zero-order valence-corrected chi connectivity index (χ0v) is 21.2. The van der Waals surface area contributed by atoms with Crippen molar-refractivity contribution in [2.45, 2.75) is 42.4 Å². The molecular formula is C23H23ClF3N7O2S. The number of pyridine rings is 1. The lowest BCUT2D eigenvalue weighted by Gasteiger charge is -2.21. The van der Waals surface area contributed by atoms with Gasteiger partial charge >= 0.3 is 12.1 Å². The number of fused-ring (bicyclic) bond motifs is 2. The van der Waals surface area contributed by atoms with E-state index in [4.69, 9.17) is 37.2 Å². The first-order valence-electron chi connectivity index (χ1n) is 11.4. The highest BCUT2D eigenvalue weighted by molar-refractivity contribution is 7.99. The second-order valence-corrected chi connectivity index (χ2v) is 9.83. The third-order valence-electron chi connectivity index (χ3n) is 5.95. The standard InChI is InChI=1S/C21H22ClN7S.C2HF3O2/c1-2-13-7-15-17(18(13)22)20(29-6-3-12(9-23)11-29)28-21(27-15)30-14-8-16-19(26-10-14)25-5-4-24-16;3-2(4,5)1(6)7/h4-5,8,10,12H,2-3,6-7,9,11,23H2,1H3;(H,6,7). The van der Waals surface area contributed by atoms with E-state index in [-0.39, 0.29) is 0 Å². The van der Waals surface area contributed by atoms with Gasteiger partial charge in [0.25, 0.3) is 0 Å². The fourth-order valence-corrected chi connectivity index (χ4v) is 5.22. The van der Waals surface area contributed by atoms with E-state index in [1.54, 1.807) is 18.6 Å². The van der Waals surface area contributed by atoms with E-state index in [1.165, 1.54) is 17.3 Å². The van der Waals surface area contributed by atoms with Crippen LogP contribution >= 0.6 is 23.4 Å². The number of carboxylic acid groups (broad SMARTS) is 1. The molecule has 14 heteroatoms. The summed E-state index contributed by atoms with van der Waals surface area (Å²) >= 11 is 8.25. The monoisotopic (exact) mass is 553 g/mol. The molecule has 3 N–H and O–H groups in total. The van der Waals surface area contributed by atoms with Crippen LogP contribution in [0.5, 0.6) is 0 Å². The van der Waals surface area contributed by atoms with Gasteiger partial charge in [-0.2, -0.15) is 13.2 Å². The molecule has 3 aromatic rings. The SMILES string of the molecule is CCC1=C(Cl)c2c(nc(Sc3cnc4nccnc4c3)nc2N2CCC(CN)C2)C1.O=C(O)C(F)(F)F. The van der Waals surface area contributed by atoms with Gasteiger partial charge in [0.05, 0.1) is 16.3 Å². The number of nitrogens with zero attached hydrogens (tertiary/aromatic N) is 6. The quantitative estimate of drug-likeness (QED) is 0.441. The molecule has 4 heterocycles. The molecule has 1 unspecified atom stereocenters. The third kappa shape index (κ3) is 6.11. The lowest BCUT2D eigenvalue weighted by Crippen LogP contribution is -2.25. The first-order valence-corrected chi connectivity index (χ1v) is 12.6. The van der Waals surface area contributed by atoms with Gasteiger partial charge in [-0.1, -0.05) is 18.5 Å². The molecule has 1 saturated heterocycles. The summed E-state index contributed by atoms with van der Waals surface area (Å²) < 4.78 is 31.7. The lowest BCUT2D eigenvalue weighted by molar-refractivity contribution is -0.192. The molecular weight excluding hydrogens is 531 g/mol. The number of aromatic nitrogens is 5. The summed E-state index contributed by atoms with van der Waals surface area (Å²) in [6.45, 7) is 4.67. The zero-order valence-electron chi connectivity index (χ0n) is 19.7. The average molecular weight is 554 g/mol. The average Bonchev–Trinajstić information content (AvgIpc) is 3.48. The van der Waals surface area contributed by atoms with Crippen molar-refractivity contribution in [1.29, 1.82) is 0 Å². The first kappa shape index (κ1) is 27.0. The molecule has 2 aliphatic rings. The minimum absolute atomic E-state index is 0.491. The molecule has 1 fully saturated rings. The Labute approximate surface area is 219 Å². The second kappa shape index (κ2) is 11.2. The summed E-state index contributed by atoms with van der Waals surface area (Å²) in [6.07, 6.45) is 2.79. The summed E-state index contributed by atoms with van der Waals surface area (Å²) in [5, 5.41) is 8.64. The number of anilines is 1. The van der Waals surface area contributed by atoms with Gasteiger partial charge < -0.3 is 15.7 Å². The number of carboxylic acids is 1. The van der Waals surface area contributed by atoms with Crippen LogP contribution in [0.2, 0.25) is 0 Å². The van der Waals surface area contributed by atoms with Crippen LogP contribution in [-0.2, 0) is 11.2 Å². The van der Waals surface area contributed by atoms with Gasteiger partial charge in [-0.05, 0) is 48.7 Å². The molecule has 0 saturated carbocycles. The van der Waals surface area contributed by atoms with Gasteiger partial charge in [0.15, 0.2) is 10.8 Å². The molecule has 0 aromatic carbocycles. The highest BCUT2D eigenvalue weighted by Crippen LogP contribution is 2.43. The van der Waals surface area contributed by atoms with E-state index < -0.39 is 12.1 Å². The summed E-state index contributed by atoms with van der Waals surface area (Å²) in [7, 11) is 0. The van der Waals surface area contributed by atoms with Crippen molar-refractivity contribution in [3.8, 4) is 0 Å².